The number of carbonyl (C=O) groups excluding carboxylic acids is 1. The summed E-state index contributed by atoms with van der Waals surface area (Å²) in [6, 6.07) is 0.598. The van der Waals surface area contributed by atoms with Crippen molar-refractivity contribution in [3.8, 4) is 0 Å². The molecule has 1 aliphatic heterocycles. The molecule has 2 rings (SSSR count). The van der Waals surface area contributed by atoms with E-state index in [2.05, 4.69) is 25.8 Å². The molecule has 0 aromatic heterocycles. The van der Waals surface area contributed by atoms with Crippen molar-refractivity contribution in [2.45, 2.75) is 64.0 Å². The van der Waals surface area contributed by atoms with Gasteiger partial charge in [0.15, 0.2) is 0 Å². The molecule has 0 spiro atoms. The number of rotatable bonds is 4. The molecule has 0 aromatic carbocycles. The molecular weight excluding hydrogens is 250 g/mol. The highest BCUT2D eigenvalue weighted by atomic mass is 16.2. The predicted molar refractivity (Wildman–Crippen MR) is 82.5 cm³/mol. The Morgan fingerprint density at radius 2 is 1.85 bits per heavy atom. The summed E-state index contributed by atoms with van der Waals surface area (Å²) in [5, 5.41) is 0. The molecule has 1 aliphatic carbocycles. The Labute approximate surface area is 123 Å². The second kappa shape index (κ2) is 6.44. The fourth-order valence-corrected chi connectivity index (χ4v) is 3.47. The minimum absolute atomic E-state index is 0.214. The van der Waals surface area contributed by atoms with Crippen LogP contribution in [0.2, 0.25) is 0 Å². The summed E-state index contributed by atoms with van der Waals surface area (Å²) < 4.78 is 0. The van der Waals surface area contributed by atoms with E-state index in [1.807, 2.05) is 4.90 Å². The van der Waals surface area contributed by atoms with Gasteiger partial charge in [-0.15, -0.1) is 0 Å². The van der Waals surface area contributed by atoms with Gasteiger partial charge < -0.3 is 15.5 Å². The van der Waals surface area contributed by atoms with E-state index in [0.29, 0.717) is 6.04 Å². The van der Waals surface area contributed by atoms with E-state index in [1.165, 1.54) is 0 Å². The first-order valence-electron chi connectivity index (χ1n) is 8.21. The van der Waals surface area contributed by atoms with Crippen molar-refractivity contribution in [3.63, 3.8) is 0 Å². The zero-order valence-electron chi connectivity index (χ0n) is 13.4. The number of hydrogen-bond donors (Lipinski definition) is 1. The number of hydrogen-bond acceptors (Lipinski definition) is 3. The molecule has 20 heavy (non-hydrogen) atoms. The van der Waals surface area contributed by atoms with Gasteiger partial charge in [0, 0.05) is 25.7 Å². The molecule has 4 nitrogen and oxygen atoms in total. The van der Waals surface area contributed by atoms with Crippen LogP contribution < -0.4 is 5.73 Å². The molecule has 4 heteroatoms. The minimum Gasteiger partial charge on any atom is -0.341 e. The van der Waals surface area contributed by atoms with Crippen LogP contribution in [0.5, 0.6) is 0 Å². The van der Waals surface area contributed by atoms with Crippen molar-refractivity contribution in [1.82, 2.24) is 9.80 Å². The molecule has 2 fully saturated rings. The lowest BCUT2D eigenvalue weighted by Crippen LogP contribution is -2.55. The summed E-state index contributed by atoms with van der Waals surface area (Å²) in [6.07, 6.45) is 6.22. The van der Waals surface area contributed by atoms with Crippen molar-refractivity contribution in [3.05, 3.63) is 0 Å². The Bertz CT molecular complexity index is 329. The summed E-state index contributed by atoms with van der Waals surface area (Å²) >= 11 is 0. The molecule has 1 saturated carbocycles. The predicted octanol–water partition coefficient (Wildman–Crippen LogP) is 1.84. The minimum atomic E-state index is -0.540. The number of nitrogens with zero attached hydrogens (tertiary/aromatic N) is 2. The van der Waals surface area contributed by atoms with Gasteiger partial charge in [-0.05, 0) is 52.5 Å². The third-order valence-corrected chi connectivity index (χ3v) is 5.25. The molecule has 0 atom stereocenters. The lowest BCUT2D eigenvalue weighted by atomic mass is 9.92. The molecule has 0 radical (unpaired) electrons. The van der Waals surface area contributed by atoms with Gasteiger partial charge in [-0.2, -0.15) is 0 Å². The van der Waals surface area contributed by atoms with Crippen LogP contribution >= 0.6 is 0 Å². The number of piperidine rings is 1. The first-order chi connectivity index (χ1) is 9.42. The molecule has 2 N–H and O–H groups in total. The van der Waals surface area contributed by atoms with Gasteiger partial charge in [-0.3, -0.25) is 4.79 Å². The lowest BCUT2D eigenvalue weighted by molar-refractivity contribution is -0.138. The molecule has 0 bridgehead atoms. The average molecular weight is 281 g/mol. The smallest absolute Gasteiger partial charge is 0.242 e. The van der Waals surface area contributed by atoms with Gasteiger partial charge in [0.05, 0.1) is 5.54 Å². The third-order valence-electron chi connectivity index (χ3n) is 5.25. The molecule has 116 valence electrons. The van der Waals surface area contributed by atoms with E-state index in [0.717, 1.165) is 64.1 Å². The van der Waals surface area contributed by atoms with Crippen molar-refractivity contribution in [1.29, 1.82) is 0 Å². The maximum Gasteiger partial charge on any atom is 0.242 e. The highest BCUT2D eigenvalue weighted by molar-refractivity contribution is 5.86. The van der Waals surface area contributed by atoms with Crippen LogP contribution in [-0.4, -0.2) is 54.0 Å². The maximum atomic E-state index is 12.5. The van der Waals surface area contributed by atoms with E-state index in [4.69, 9.17) is 5.73 Å². The van der Waals surface area contributed by atoms with Gasteiger partial charge in [0.25, 0.3) is 0 Å². The van der Waals surface area contributed by atoms with Crippen LogP contribution in [0.25, 0.3) is 0 Å². The van der Waals surface area contributed by atoms with Crippen molar-refractivity contribution >= 4 is 5.91 Å². The molecule has 0 unspecified atom stereocenters. The SMILES string of the molecule is CC(C)N(C)CC1CCN(C(=O)C2(N)CCCC2)CC1. The number of amides is 1. The van der Waals surface area contributed by atoms with Crippen LogP contribution in [0.15, 0.2) is 0 Å². The Morgan fingerprint density at radius 1 is 1.30 bits per heavy atom. The van der Waals surface area contributed by atoms with Crippen LogP contribution in [0.1, 0.15) is 52.4 Å². The van der Waals surface area contributed by atoms with Gasteiger partial charge in [0.2, 0.25) is 5.91 Å². The fraction of sp³-hybridized carbons (Fsp3) is 0.938. The van der Waals surface area contributed by atoms with Crippen LogP contribution in [0, 0.1) is 5.92 Å². The maximum absolute atomic E-state index is 12.5. The monoisotopic (exact) mass is 281 g/mol. The topological polar surface area (TPSA) is 49.6 Å². The van der Waals surface area contributed by atoms with E-state index < -0.39 is 5.54 Å². The quantitative estimate of drug-likeness (QED) is 0.855. The van der Waals surface area contributed by atoms with Crippen LogP contribution in [-0.2, 0) is 4.79 Å². The van der Waals surface area contributed by atoms with Crippen molar-refractivity contribution in [2.24, 2.45) is 11.7 Å². The molecular formula is C16H31N3O. The Kier molecular flexibility index (Phi) is 5.08. The van der Waals surface area contributed by atoms with E-state index in [1.54, 1.807) is 0 Å². The summed E-state index contributed by atoms with van der Waals surface area (Å²) in [7, 11) is 2.19. The fourth-order valence-electron chi connectivity index (χ4n) is 3.47. The highest BCUT2D eigenvalue weighted by Crippen LogP contribution is 2.30. The van der Waals surface area contributed by atoms with E-state index in [9.17, 15) is 4.79 Å². The second-order valence-electron chi connectivity index (χ2n) is 7.13. The molecule has 1 heterocycles. The Hall–Kier alpha value is -0.610. The summed E-state index contributed by atoms with van der Waals surface area (Å²) in [5.41, 5.74) is 5.75. The zero-order chi connectivity index (χ0) is 14.8. The lowest BCUT2D eigenvalue weighted by Gasteiger charge is -2.38. The normalized spacial score (nSPS) is 23.8. The van der Waals surface area contributed by atoms with Crippen molar-refractivity contribution < 1.29 is 4.79 Å². The molecule has 1 amide bonds. The third kappa shape index (κ3) is 3.53. The summed E-state index contributed by atoms with van der Waals surface area (Å²) in [5.74, 6) is 0.939. The van der Waals surface area contributed by atoms with Crippen LogP contribution in [0.3, 0.4) is 0 Å². The van der Waals surface area contributed by atoms with Gasteiger partial charge in [0.1, 0.15) is 0 Å². The number of likely N-dealkylation sites (tertiary alicyclic amines) is 1. The Balaban J connectivity index is 1.80. The standard InChI is InChI=1S/C16H31N3O/c1-13(2)18(3)12-14-6-10-19(11-7-14)15(20)16(17)8-4-5-9-16/h13-14H,4-12,17H2,1-3H3. The van der Waals surface area contributed by atoms with Gasteiger partial charge >= 0.3 is 0 Å². The number of carbonyl (C=O) groups is 1. The average Bonchev–Trinajstić information content (AvgIpc) is 2.87. The molecule has 2 aliphatic rings. The first-order valence-corrected chi connectivity index (χ1v) is 8.21. The van der Waals surface area contributed by atoms with Gasteiger partial charge in [-0.1, -0.05) is 12.8 Å². The summed E-state index contributed by atoms with van der Waals surface area (Å²) in [6.45, 7) is 7.41. The summed E-state index contributed by atoms with van der Waals surface area (Å²) in [4.78, 5) is 17.0. The van der Waals surface area contributed by atoms with E-state index in [-0.39, 0.29) is 5.91 Å². The second-order valence-corrected chi connectivity index (χ2v) is 7.13. The molecule has 1 saturated heterocycles. The van der Waals surface area contributed by atoms with E-state index >= 15 is 0 Å². The Morgan fingerprint density at radius 3 is 2.35 bits per heavy atom. The van der Waals surface area contributed by atoms with Gasteiger partial charge in [-0.25, -0.2) is 0 Å². The first kappa shape index (κ1) is 15.8. The largest absolute Gasteiger partial charge is 0.341 e. The highest BCUT2D eigenvalue weighted by Gasteiger charge is 2.40. The molecule has 0 aromatic rings. The number of nitrogens with two attached hydrogens (primary N) is 1. The van der Waals surface area contributed by atoms with Crippen molar-refractivity contribution in [2.75, 3.05) is 26.7 Å². The zero-order valence-corrected chi connectivity index (χ0v) is 13.4. The van der Waals surface area contributed by atoms with Crippen LogP contribution in [0.4, 0.5) is 0 Å².